The fraction of sp³-hybridized carbons (Fsp3) is 0.200. The molecule has 0 aliphatic carbocycles. The summed E-state index contributed by atoms with van der Waals surface area (Å²) in [6.45, 7) is 0. The van der Waals surface area contributed by atoms with Crippen LogP contribution in [0.15, 0.2) is 24.3 Å². The minimum atomic E-state index is -0.857. The molecule has 1 heterocycles. The molecule has 0 radical (unpaired) electrons. The second-order valence-corrected chi connectivity index (χ2v) is 3.13. The van der Waals surface area contributed by atoms with Crippen molar-refractivity contribution >= 4 is 17.8 Å². The minimum Gasteiger partial charge on any atom is -0.303 e. The molecule has 0 bridgehead atoms. The second-order valence-electron chi connectivity index (χ2n) is 3.13. The van der Waals surface area contributed by atoms with Crippen LogP contribution in [0.3, 0.4) is 0 Å². The highest BCUT2D eigenvalue weighted by molar-refractivity contribution is 6.05. The summed E-state index contributed by atoms with van der Waals surface area (Å²) >= 11 is 0. The van der Waals surface area contributed by atoms with E-state index in [0.29, 0.717) is 22.3 Å². The summed E-state index contributed by atoms with van der Waals surface area (Å²) in [6.07, 6.45) is 0.552. The lowest BCUT2D eigenvalue weighted by Crippen LogP contribution is -2.23. The van der Waals surface area contributed by atoms with E-state index in [1.54, 1.807) is 24.3 Å². The maximum atomic E-state index is 11.6. The minimum absolute atomic E-state index is 0.0446. The number of ketones is 1. The first kappa shape index (κ1) is 8.74. The van der Waals surface area contributed by atoms with Crippen LogP contribution in [0.5, 0.6) is 0 Å². The Morgan fingerprint density at radius 1 is 1.36 bits per heavy atom. The smallest absolute Gasteiger partial charge is 0.277 e. The highest BCUT2D eigenvalue weighted by atomic mass is 16.3. The number of Topliss-reactive ketones (excluding diaryl/α,β-unsaturated/α-hetero) is 1. The normalized spacial score (nSPS) is 19.6. The topological polar surface area (TPSA) is 54.2 Å². The Balaban J connectivity index is 2.48. The summed E-state index contributed by atoms with van der Waals surface area (Å²) in [4.78, 5) is 33.4. The number of benzene rings is 1. The second kappa shape index (κ2) is 3.14. The molecule has 0 saturated carbocycles. The van der Waals surface area contributed by atoms with Crippen LogP contribution in [0.25, 0.3) is 0 Å². The maximum Gasteiger partial charge on any atom is 0.277 e. The summed E-state index contributed by atoms with van der Waals surface area (Å²) in [5, 5.41) is 0. The van der Waals surface area contributed by atoms with Gasteiger partial charge in [-0.1, -0.05) is 12.1 Å². The number of nitroso groups, excluding NO2 is 1. The monoisotopic (exact) mass is 190 g/mol. The molecule has 0 fully saturated rings. The lowest BCUT2D eigenvalue weighted by atomic mass is 10.1. The molecule has 1 aliphatic rings. The molecule has 4 heteroatoms. The van der Waals surface area contributed by atoms with Gasteiger partial charge in [-0.15, -0.1) is 0 Å². The summed E-state index contributed by atoms with van der Waals surface area (Å²) in [5.74, 6) is -0.261. The van der Waals surface area contributed by atoms with Gasteiger partial charge in [-0.25, -0.2) is 0 Å². The Bertz CT molecular complexity index is 390. The van der Waals surface area contributed by atoms with Crippen molar-refractivity contribution in [3.63, 3.8) is 0 Å². The van der Waals surface area contributed by atoms with E-state index < -0.39 is 6.04 Å². The summed E-state index contributed by atoms with van der Waals surface area (Å²) in [6, 6.07) is 5.73. The Morgan fingerprint density at radius 2 is 2.07 bits per heavy atom. The molecule has 70 valence electrons. The van der Waals surface area contributed by atoms with Crippen LogP contribution in [0, 0.1) is 4.91 Å². The van der Waals surface area contributed by atoms with Gasteiger partial charge in [-0.2, -0.15) is 0 Å². The molecule has 0 saturated heterocycles. The first-order chi connectivity index (χ1) is 6.75. The van der Waals surface area contributed by atoms with Gasteiger partial charge in [-0.05, 0) is 6.07 Å². The zero-order valence-corrected chi connectivity index (χ0v) is 7.34. The van der Waals surface area contributed by atoms with Gasteiger partial charge in [0.1, 0.15) is 11.8 Å². The van der Waals surface area contributed by atoms with Crippen molar-refractivity contribution in [2.75, 3.05) is 0 Å². The van der Waals surface area contributed by atoms with Gasteiger partial charge >= 0.3 is 0 Å². The predicted octanol–water partition coefficient (Wildman–Crippen LogP) is 1.25. The molecular formula is C10H8NO3+. The van der Waals surface area contributed by atoms with Crippen molar-refractivity contribution in [3.8, 4) is 0 Å². The fourth-order valence-electron chi connectivity index (χ4n) is 1.62. The Kier molecular flexibility index (Phi) is 1.96. The van der Waals surface area contributed by atoms with Crippen molar-refractivity contribution in [2.45, 2.75) is 12.5 Å². The molecule has 1 atom stereocenters. The number of nitrogens with zero attached hydrogens (tertiary/aromatic N) is 1. The Labute approximate surface area is 80.1 Å². The number of para-hydroxylation sites is 1. The van der Waals surface area contributed by atoms with E-state index in [1.165, 1.54) is 0 Å². The average Bonchev–Trinajstić information content (AvgIpc) is 2.45. The van der Waals surface area contributed by atoms with Crippen molar-refractivity contribution in [1.82, 2.24) is 0 Å². The Hall–Kier alpha value is -1.84. The van der Waals surface area contributed by atoms with Gasteiger partial charge in [0.05, 0.1) is 6.42 Å². The highest BCUT2D eigenvalue weighted by Crippen LogP contribution is 2.30. The van der Waals surface area contributed by atoms with Crippen LogP contribution < -0.4 is 0 Å². The number of carbonyl (C=O) groups excluding carboxylic acids is 2. The fourth-order valence-corrected chi connectivity index (χ4v) is 1.62. The summed E-state index contributed by atoms with van der Waals surface area (Å²) < 4.78 is 0.617. The average molecular weight is 190 g/mol. The number of rotatable bonds is 2. The van der Waals surface area contributed by atoms with Crippen LogP contribution in [0.2, 0.25) is 0 Å². The molecule has 1 unspecified atom stereocenters. The molecule has 4 nitrogen and oxygen atoms in total. The molecule has 0 spiro atoms. The number of carbonyl (C=O) groups is 2. The van der Waals surface area contributed by atoms with Crippen molar-refractivity contribution in [1.29, 1.82) is 0 Å². The van der Waals surface area contributed by atoms with E-state index in [-0.39, 0.29) is 12.2 Å². The van der Waals surface area contributed by atoms with Gasteiger partial charge in [0.2, 0.25) is 5.78 Å². The molecule has 1 aromatic carbocycles. The number of hydrogen-bond donors (Lipinski definition) is 0. The van der Waals surface area contributed by atoms with Gasteiger partial charge in [-0.3, -0.25) is 4.79 Å². The van der Waals surface area contributed by atoms with Crippen molar-refractivity contribution in [3.05, 3.63) is 34.7 Å². The lowest BCUT2D eigenvalue weighted by molar-refractivity contribution is -0.480. The first-order valence-electron chi connectivity index (χ1n) is 4.29. The van der Waals surface area contributed by atoms with Crippen molar-refractivity contribution in [2.24, 2.45) is 0 Å². The molecule has 1 aromatic rings. The third-order valence-corrected chi connectivity index (χ3v) is 2.31. The number of hydrogen-bond acceptors (Lipinski definition) is 3. The molecule has 0 N–H and O–H groups in total. The third-order valence-electron chi connectivity index (χ3n) is 2.31. The quantitative estimate of drug-likeness (QED) is 0.521. The molecule has 2 rings (SSSR count). The van der Waals surface area contributed by atoms with Crippen LogP contribution in [-0.2, 0) is 4.79 Å². The molecule has 1 aliphatic heterocycles. The van der Waals surface area contributed by atoms with E-state index in [4.69, 9.17) is 0 Å². The zero-order chi connectivity index (χ0) is 10.1. The molecule has 14 heavy (non-hydrogen) atoms. The van der Waals surface area contributed by atoms with Crippen molar-refractivity contribution < 1.29 is 14.3 Å². The zero-order valence-electron chi connectivity index (χ0n) is 7.34. The van der Waals surface area contributed by atoms with E-state index in [1.807, 2.05) is 0 Å². The maximum absolute atomic E-state index is 11.6. The van der Waals surface area contributed by atoms with E-state index in [9.17, 15) is 14.5 Å². The van der Waals surface area contributed by atoms with Crippen LogP contribution in [0.1, 0.15) is 16.8 Å². The van der Waals surface area contributed by atoms with E-state index >= 15 is 0 Å². The number of aldehydes is 1. The van der Waals surface area contributed by atoms with Crippen LogP contribution >= 0.6 is 0 Å². The molecular weight excluding hydrogens is 182 g/mol. The van der Waals surface area contributed by atoms with Crippen LogP contribution in [0.4, 0.5) is 5.69 Å². The largest absolute Gasteiger partial charge is 0.303 e. The lowest BCUT2D eigenvalue weighted by Gasteiger charge is -1.90. The standard InChI is InChI=1S/C10H8NO3/c12-6-5-9-10(13)7-3-1-2-4-8(7)11(9)14/h1-4,6,9H,5H2/q+1. The van der Waals surface area contributed by atoms with Gasteiger partial charge in [0, 0.05) is 15.7 Å². The summed E-state index contributed by atoms with van der Waals surface area (Å²) in [7, 11) is 0. The highest BCUT2D eigenvalue weighted by Gasteiger charge is 2.45. The SMILES string of the molecule is O=CCC1C(=O)c2ccccc2[N+]1=O. The van der Waals surface area contributed by atoms with Gasteiger partial charge in [0.25, 0.3) is 11.7 Å². The number of fused-ring (bicyclic) bond motifs is 1. The van der Waals surface area contributed by atoms with E-state index in [0.717, 1.165) is 0 Å². The third kappa shape index (κ3) is 1.08. The van der Waals surface area contributed by atoms with E-state index in [2.05, 4.69) is 0 Å². The molecule has 0 amide bonds. The van der Waals surface area contributed by atoms with Gasteiger partial charge < -0.3 is 4.79 Å². The molecule has 0 aromatic heterocycles. The van der Waals surface area contributed by atoms with Gasteiger partial charge in [0.15, 0.2) is 0 Å². The first-order valence-corrected chi connectivity index (χ1v) is 4.29. The Morgan fingerprint density at radius 3 is 2.71 bits per heavy atom. The summed E-state index contributed by atoms with van der Waals surface area (Å²) in [5.41, 5.74) is 0.777. The predicted molar refractivity (Wildman–Crippen MR) is 48.5 cm³/mol. The van der Waals surface area contributed by atoms with Crippen LogP contribution in [-0.4, -0.2) is 22.9 Å².